The Hall–Kier alpha value is -1.61. The molecule has 2 rings (SSSR count). The van der Waals surface area contributed by atoms with E-state index < -0.39 is 5.82 Å². The standard InChI is InChI=1S/C13H12ClFN2/c14-11-8-9(4-6-12(11)15)3-5-10-2-1-7-17-13(10)16/h1-2,4,6-8H,3,5H2,(H2,16,17). The Labute approximate surface area is 104 Å². The van der Waals surface area contributed by atoms with E-state index >= 15 is 0 Å². The fraction of sp³-hybridized carbons (Fsp3) is 0.154. The summed E-state index contributed by atoms with van der Waals surface area (Å²) in [4.78, 5) is 4.01. The number of anilines is 1. The second-order valence-corrected chi connectivity index (χ2v) is 4.20. The van der Waals surface area contributed by atoms with Crippen LogP contribution in [-0.2, 0) is 12.8 Å². The van der Waals surface area contributed by atoms with Crippen LogP contribution in [0.4, 0.5) is 10.2 Å². The first-order valence-corrected chi connectivity index (χ1v) is 5.68. The molecule has 0 aliphatic carbocycles. The minimum absolute atomic E-state index is 0.154. The highest BCUT2D eigenvalue weighted by Crippen LogP contribution is 2.18. The highest BCUT2D eigenvalue weighted by atomic mass is 35.5. The van der Waals surface area contributed by atoms with Crippen LogP contribution in [0.2, 0.25) is 5.02 Å². The van der Waals surface area contributed by atoms with Crippen LogP contribution in [-0.4, -0.2) is 4.98 Å². The van der Waals surface area contributed by atoms with E-state index in [2.05, 4.69) is 4.98 Å². The molecule has 0 bridgehead atoms. The summed E-state index contributed by atoms with van der Waals surface area (Å²) in [5, 5.41) is 0.154. The maximum Gasteiger partial charge on any atom is 0.141 e. The SMILES string of the molecule is Nc1ncccc1CCc1ccc(F)c(Cl)c1. The van der Waals surface area contributed by atoms with Crippen molar-refractivity contribution in [3.63, 3.8) is 0 Å². The van der Waals surface area contributed by atoms with Crippen LogP contribution in [0.3, 0.4) is 0 Å². The van der Waals surface area contributed by atoms with Crippen molar-refractivity contribution in [3.05, 3.63) is 58.5 Å². The topological polar surface area (TPSA) is 38.9 Å². The number of aromatic nitrogens is 1. The highest BCUT2D eigenvalue weighted by molar-refractivity contribution is 6.30. The Balaban J connectivity index is 2.08. The fourth-order valence-corrected chi connectivity index (χ4v) is 1.84. The molecule has 0 amide bonds. The van der Waals surface area contributed by atoms with E-state index in [0.717, 1.165) is 24.0 Å². The molecule has 2 aromatic rings. The van der Waals surface area contributed by atoms with Gasteiger partial charge in [-0.15, -0.1) is 0 Å². The average Bonchev–Trinajstić information content (AvgIpc) is 2.32. The molecule has 1 heterocycles. The number of halogens is 2. The molecule has 0 spiro atoms. The van der Waals surface area contributed by atoms with E-state index in [1.807, 2.05) is 12.1 Å². The maximum atomic E-state index is 13.0. The highest BCUT2D eigenvalue weighted by Gasteiger charge is 2.03. The zero-order valence-corrected chi connectivity index (χ0v) is 9.91. The molecule has 1 aromatic heterocycles. The molecule has 2 nitrogen and oxygen atoms in total. The van der Waals surface area contributed by atoms with Crippen molar-refractivity contribution < 1.29 is 4.39 Å². The van der Waals surface area contributed by atoms with Gasteiger partial charge in [-0.25, -0.2) is 9.37 Å². The zero-order valence-electron chi connectivity index (χ0n) is 9.16. The smallest absolute Gasteiger partial charge is 0.141 e. The van der Waals surface area contributed by atoms with E-state index in [-0.39, 0.29) is 5.02 Å². The lowest BCUT2D eigenvalue weighted by Crippen LogP contribution is -1.99. The molecule has 88 valence electrons. The Morgan fingerprint density at radius 2 is 2.06 bits per heavy atom. The molecule has 17 heavy (non-hydrogen) atoms. The van der Waals surface area contributed by atoms with E-state index in [1.165, 1.54) is 6.07 Å². The van der Waals surface area contributed by atoms with Crippen LogP contribution in [0, 0.1) is 5.82 Å². The molecular weight excluding hydrogens is 239 g/mol. The van der Waals surface area contributed by atoms with Crippen LogP contribution in [0.15, 0.2) is 36.5 Å². The minimum Gasteiger partial charge on any atom is -0.383 e. The van der Waals surface area contributed by atoms with E-state index in [1.54, 1.807) is 18.3 Å². The molecule has 0 fully saturated rings. The van der Waals surface area contributed by atoms with Crippen molar-refractivity contribution in [3.8, 4) is 0 Å². The van der Waals surface area contributed by atoms with Gasteiger partial charge < -0.3 is 5.73 Å². The Morgan fingerprint density at radius 3 is 2.76 bits per heavy atom. The lowest BCUT2D eigenvalue weighted by Gasteiger charge is -2.05. The van der Waals surface area contributed by atoms with Gasteiger partial charge in [0.05, 0.1) is 5.02 Å². The van der Waals surface area contributed by atoms with Crippen LogP contribution < -0.4 is 5.73 Å². The van der Waals surface area contributed by atoms with E-state index in [9.17, 15) is 4.39 Å². The van der Waals surface area contributed by atoms with Gasteiger partial charge in [-0.05, 0) is 42.2 Å². The third kappa shape index (κ3) is 2.94. The lowest BCUT2D eigenvalue weighted by atomic mass is 10.1. The predicted octanol–water partition coefficient (Wildman–Crippen LogP) is 3.24. The van der Waals surface area contributed by atoms with E-state index in [0.29, 0.717) is 5.82 Å². The normalized spacial score (nSPS) is 10.5. The van der Waals surface area contributed by atoms with Crippen LogP contribution in [0.5, 0.6) is 0 Å². The summed E-state index contributed by atoms with van der Waals surface area (Å²) >= 11 is 5.71. The molecule has 0 aliphatic heterocycles. The molecule has 4 heteroatoms. The largest absolute Gasteiger partial charge is 0.383 e. The number of hydrogen-bond acceptors (Lipinski definition) is 2. The van der Waals surface area contributed by atoms with Crippen molar-refractivity contribution in [2.45, 2.75) is 12.8 Å². The second kappa shape index (κ2) is 5.15. The van der Waals surface area contributed by atoms with Crippen LogP contribution in [0.1, 0.15) is 11.1 Å². The molecule has 0 radical (unpaired) electrons. The predicted molar refractivity (Wildman–Crippen MR) is 67.5 cm³/mol. The van der Waals surface area contributed by atoms with Crippen molar-refractivity contribution in [2.75, 3.05) is 5.73 Å². The third-order valence-corrected chi connectivity index (χ3v) is 2.88. The number of nitrogen functional groups attached to an aromatic ring is 1. The van der Waals surface area contributed by atoms with Gasteiger partial charge in [0, 0.05) is 6.20 Å². The first kappa shape index (κ1) is 11.9. The number of aryl methyl sites for hydroxylation is 2. The summed E-state index contributed by atoms with van der Waals surface area (Å²) in [5.41, 5.74) is 7.72. The molecule has 0 aliphatic rings. The Morgan fingerprint density at radius 1 is 1.24 bits per heavy atom. The number of benzene rings is 1. The minimum atomic E-state index is -0.392. The fourth-order valence-electron chi connectivity index (χ4n) is 1.64. The monoisotopic (exact) mass is 250 g/mol. The number of nitrogens with two attached hydrogens (primary N) is 1. The molecule has 0 atom stereocenters. The van der Waals surface area contributed by atoms with Gasteiger partial charge in [0.2, 0.25) is 0 Å². The van der Waals surface area contributed by atoms with Crippen molar-refractivity contribution >= 4 is 17.4 Å². The molecular formula is C13H12ClFN2. The van der Waals surface area contributed by atoms with Gasteiger partial charge in [0.15, 0.2) is 0 Å². The van der Waals surface area contributed by atoms with Crippen LogP contribution in [0.25, 0.3) is 0 Å². The molecule has 2 N–H and O–H groups in total. The summed E-state index contributed by atoms with van der Waals surface area (Å²) in [5.74, 6) is 0.150. The first-order valence-electron chi connectivity index (χ1n) is 5.30. The quantitative estimate of drug-likeness (QED) is 0.908. The second-order valence-electron chi connectivity index (χ2n) is 3.80. The Bertz CT molecular complexity index is 529. The summed E-state index contributed by atoms with van der Waals surface area (Å²) in [6, 6.07) is 8.54. The lowest BCUT2D eigenvalue weighted by molar-refractivity contribution is 0.627. The van der Waals surface area contributed by atoms with Gasteiger partial charge >= 0.3 is 0 Å². The van der Waals surface area contributed by atoms with Crippen molar-refractivity contribution in [1.29, 1.82) is 0 Å². The van der Waals surface area contributed by atoms with Gasteiger partial charge in [0.25, 0.3) is 0 Å². The maximum absolute atomic E-state index is 13.0. The molecule has 0 saturated heterocycles. The Kier molecular flexibility index (Phi) is 3.59. The summed E-state index contributed by atoms with van der Waals surface area (Å²) in [6.07, 6.45) is 3.19. The first-order chi connectivity index (χ1) is 8.16. The number of nitrogens with zero attached hydrogens (tertiary/aromatic N) is 1. The van der Waals surface area contributed by atoms with Gasteiger partial charge in [-0.2, -0.15) is 0 Å². The molecule has 0 unspecified atom stereocenters. The van der Waals surface area contributed by atoms with Gasteiger partial charge in [-0.1, -0.05) is 23.7 Å². The summed E-state index contributed by atoms with van der Waals surface area (Å²) < 4.78 is 13.0. The summed E-state index contributed by atoms with van der Waals surface area (Å²) in [6.45, 7) is 0. The number of hydrogen-bond donors (Lipinski definition) is 1. The third-order valence-electron chi connectivity index (χ3n) is 2.59. The molecule has 0 saturated carbocycles. The van der Waals surface area contributed by atoms with Gasteiger partial charge in [0.1, 0.15) is 11.6 Å². The van der Waals surface area contributed by atoms with Crippen molar-refractivity contribution in [1.82, 2.24) is 4.98 Å². The number of rotatable bonds is 3. The van der Waals surface area contributed by atoms with Crippen molar-refractivity contribution in [2.24, 2.45) is 0 Å². The summed E-state index contributed by atoms with van der Waals surface area (Å²) in [7, 11) is 0. The van der Waals surface area contributed by atoms with E-state index in [4.69, 9.17) is 17.3 Å². The number of pyridine rings is 1. The van der Waals surface area contributed by atoms with Gasteiger partial charge in [-0.3, -0.25) is 0 Å². The van der Waals surface area contributed by atoms with Crippen LogP contribution >= 0.6 is 11.6 Å². The zero-order chi connectivity index (χ0) is 12.3. The molecule has 1 aromatic carbocycles. The average molecular weight is 251 g/mol.